The van der Waals surface area contributed by atoms with E-state index in [2.05, 4.69) is 27.5 Å². The van der Waals surface area contributed by atoms with Crippen molar-refractivity contribution in [2.24, 2.45) is 0 Å². The van der Waals surface area contributed by atoms with Gasteiger partial charge in [0, 0.05) is 42.2 Å². The Hall–Kier alpha value is -4.20. The second-order valence-electron chi connectivity index (χ2n) is 6.41. The highest BCUT2D eigenvalue weighted by molar-refractivity contribution is 5.95. The summed E-state index contributed by atoms with van der Waals surface area (Å²) in [4.78, 5) is 28.3. The summed E-state index contributed by atoms with van der Waals surface area (Å²) in [6, 6.07) is 15.2. The number of halogens is 1. The summed E-state index contributed by atoms with van der Waals surface area (Å²) >= 11 is 0. The smallest absolute Gasteiger partial charge is 0.319 e. The third-order valence-electron chi connectivity index (χ3n) is 4.11. The van der Waals surface area contributed by atoms with Crippen LogP contribution in [0.1, 0.15) is 15.9 Å². The third kappa shape index (κ3) is 6.40. The molecule has 0 radical (unpaired) electrons. The molecule has 3 amide bonds. The SMILES string of the molecule is C=CCNC(=O)c1ccc(NC(=O)NCc2cccnc2Oc2cccc(F)c2)cc1. The molecule has 0 aliphatic rings. The lowest BCUT2D eigenvalue weighted by atomic mass is 10.2. The molecule has 0 bridgehead atoms. The van der Waals surface area contributed by atoms with Crippen LogP contribution in [0.3, 0.4) is 0 Å². The molecule has 0 spiro atoms. The molecule has 3 N–H and O–H groups in total. The number of benzene rings is 2. The monoisotopic (exact) mass is 420 g/mol. The Morgan fingerprint density at radius 2 is 1.87 bits per heavy atom. The molecule has 3 rings (SSSR count). The Morgan fingerprint density at radius 3 is 2.61 bits per heavy atom. The van der Waals surface area contributed by atoms with Gasteiger partial charge in [-0.25, -0.2) is 14.2 Å². The van der Waals surface area contributed by atoms with E-state index in [1.807, 2.05) is 0 Å². The highest BCUT2D eigenvalue weighted by atomic mass is 19.1. The van der Waals surface area contributed by atoms with E-state index in [0.717, 1.165) is 0 Å². The van der Waals surface area contributed by atoms with E-state index in [9.17, 15) is 14.0 Å². The lowest BCUT2D eigenvalue weighted by Gasteiger charge is -2.12. The van der Waals surface area contributed by atoms with Gasteiger partial charge in [0.05, 0.1) is 0 Å². The maximum Gasteiger partial charge on any atom is 0.319 e. The average Bonchev–Trinajstić information content (AvgIpc) is 2.77. The van der Waals surface area contributed by atoms with Crippen LogP contribution in [0.5, 0.6) is 11.6 Å². The molecule has 3 aromatic rings. The number of amides is 3. The largest absolute Gasteiger partial charge is 0.439 e. The Balaban J connectivity index is 1.56. The minimum absolute atomic E-state index is 0.145. The van der Waals surface area contributed by atoms with Gasteiger partial charge < -0.3 is 20.7 Å². The number of pyridine rings is 1. The van der Waals surface area contributed by atoms with Gasteiger partial charge in [-0.05, 0) is 42.5 Å². The Kier molecular flexibility index (Phi) is 7.31. The number of carbonyl (C=O) groups is 2. The number of carbonyl (C=O) groups excluding carboxylic acids is 2. The topological polar surface area (TPSA) is 92.4 Å². The fourth-order valence-electron chi connectivity index (χ4n) is 2.62. The zero-order chi connectivity index (χ0) is 22.1. The molecule has 2 aromatic carbocycles. The van der Waals surface area contributed by atoms with Gasteiger partial charge in [0.25, 0.3) is 5.91 Å². The Bertz CT molecular complexity index is 1070. The molecule has 0 aliphatic carbocycles. The number of urea groups is 1. The lowest BCUT2D eigenvalue weighted by molar-refractivity contribution is 0.0958. The summed E-state index contributed by atoms with van der Waals surface area (Å²) < 4.78 is 19.0. The van der Waals surface area contributed by atoms with Gasteiger partial charge in [-0.3, -0.25) is 4.79 Å². The van der Waals surface area contributed by atoms with Gasteiger partial charge in [0.15, 0.2) is 0 Å². The molecule has 8 heteroatoms. The second kappa shape index (κ2) is 10.5. The molecule has 158 valence electrons. The van der Waals surface area contributed by atoms with Crippen molar-refractivity contribution in [3.63, 3.8) is 0 Å². The van der Waals surface area contributed by atoms with Crippen LogP contribution in [-0.4, -0.2) is 23.5 Å². The summed E-state index contributed by atoms with van der Waals surface area (Å²) in [5.74, 6) is -0.0695. The van der Waals surface area contributed by atoms with Crippen LogP contribution in [0, 0.1) is 5.82 Å². The molecular formula is C23H21FN4O3. The van der Waals surface area contributed by atoms with Crippen molar-refractivity contribution in [2.75, 3.05) is 11.9 Å². The number of nitrogens with zero attached hydrogens (tertiary/aromatic N) is 1. The number of aromatic nitrogens is 1. The first-order chi connectivity index (χ1) is 15.0. The average molecular weight is 420 g/mol. The van der Waals surface area contributed by atoms with Crippen molar-refractivity contribution in [3.8, 4) is 11.6 Å². The summed E-state index contributed by atoms with van der Waals surface area (Å²) in [6.07, 6.45) is 3.14. The van der Waals surface area contributed by atoms with Crippen LogP contribution >= 0.6 is 0 Å². The lowest BCUT2D eigenvalue weighted by Crippen LogP contribution is -2.28. The highest BCUT2D eigenvalue weighted by Crippen LogP contribution is 2.23. The number of nitrogens with one attached hydrogen (secondary N) is 3. The summed E-state index contributed by atoms with van der Waals surface area (Å²) in [7, 11) is 0. The quantitative estimate of drug-likeness (QED) is 0.475. The van der Waals surface area contributed by atoms with Gasteiger partial charge in [0.2, 0.25) is 5.88 Å². The molecule has 7 nitrogen and oxygen atoms in total. The Labute approximate surface area is 179 Å². The van der Waals surface area contributed by atoms with Crippen molar-refractivity contribution < 1.29 is 18.7 Å². The summed E-state index contributed by atoms with van der Waals surface area (Å²) in [5, 5.41) is 8.08. The van der Waals surface area contributed by atoms with Gasteiger partial charge in [-0.1, -0.05) is 18.2 Å². The zero-order valence-electron chi connectivity index (χ0n) is 16.6. The maximum absolute atomic E-state index is 13.4. The number of hydrogen-bond acceptors (Lipinski definition) is 4. The van der Waals surface area contributed by atoms with Crippen LogP contribution in [-0.2, 0) is 6.54 Å². The van der Waals surface area contributed by atoms with E-state index < -0.39 is 11.8 Å². The van der Waals surface area contributed by atoms with E-state index in [1.165, 1.54) is 18.2 Å². The van der Waals surface area contributed by atoms with Crippen LogP contribution in [0.4, 0.5) is 14.9 Å². The van der Waals surface area contributed by atoms with Crippen LogP contribution in [0.25, 0.3) is 0 Å². The van der Waals surface area contributed by atoms with Gasteiger partial charge >= 0.3 is 6.03 Å². The highest BCUT2D eigenvalue weighted by Gasteiger charge is 2.10. The number of hydrogen-bond donors (Lipinski definition) is 3. The second-order valence-corrected chi connectivity index (χ2v) is 6.41. The predicted octanol–water partition coefficient (Wildman–Crippen LogP) is 4.25. The minimum atomic E-state index is -0.440. The predicted molar refractivity (Wildman–Crippen MR) is 116 cm³/mol. The fraction of sp³-hybridized carbons (Fsp3) is 0.0870. The molecule has 1 heterocycles. The summed E-state index contributed by atoms with van der Waals surface area (Å²) in [6.45, 7) is 4.07. The van der Waals surface area contributed by atoms with Crippen molar-refractivity contribution in [1.29, 1.82) is 0 Å². The Morgan fingerprint density at radius 1 is 1.06 bits per heavy atom. The zero-order valence-corrected chi connectivity index (χ0v) is 16.6. The molecule has 0 unspecified atom stereocenters. The molecular weight excluding hydrogens is 399 g/mol. The third-order valence-corrected chi connectivity index (χ3v) is 4.11. The van der Waals surface area contributed by atoms with Gasteiger partial charge in [0.1, 0.15) is 11.6 Å². The number of ether oxygens (including phenoxy) is 1. The number of rotatable bonds is 8. The van der Waals surface area contributed by atoms with Crippen molar-refractivity contribution in [2.45, 2.75) is 6.54 Å². The maximum atomic E-state index is 13.4. The van der Waals surface area contributed by atoms with Crippen molar-refractivity contribution in [3.05, 3.63) is 96.5 Å². The molecule has 1 aromatic heterocycles. The van der Waals surface area contributed by atoms with E-state index in [-0.39, 0.29) is 18.3 Å². The first-order valence-electron chi connectivity index (χ1n) is 9.46. The van der Waals surface area contributed by atoms with Crippen LogP contribution in [0.15, 0.2) is 79.5 Å². The molecule has 0 atom stereocenters. The molecule has 0 saturated carbocycles. The van der Waals surface area contributed by atoms with Gasteiger partial charge in [-0.2, -0.15) is 0 Å². The van der Waals surface area contributed by atoms with E-state index in [1.54, 1.807) is 54.7 Å². The van der Waals surface area contributed by atoms with Gasteiger partial charge in [-0.15, -0.1) is 6.58 Å². The van der Waals surface area contributed by atoms with E-state index in [4.69, 9.17) is 4.74 Å². The summed E-state index contributed by atoms with van der Waals surface area (Å²) in [5.41, 5.74) is 1.62. The normalized spacial score (nSPS) is 10.1. The van der Waals surface area contributed by atoms with E-state index in [0.29, 0.717) is 29.1 Å². The standard InChI is InChI=1S/C23H21FN4O3/c1-2-12-25-21(29)16-8-10-19(11-9-16)28-23(30)27-15-17-5-4-13-26-22(17)31-20-7-3-6-18(24)14-20/h2-11,13-14H,1,12,15H2,(H,25,29)(H2,27,28,30). The van der Waals surface area contributed by atoms with Crippen LogP contribution < -0.4 is 20.7 Å². The first-order valence-corrected chi connectivity index (χ1v) is 9.46. The van der Waals surface area contributed by atoms with Crippen molar-refractivity contribution in [1.82, 2.24) is 15.6 Å². The molecule has 0 fully saturated rings. The molecule has 0 saturated heterocycles. The molecule has 0 aliphatic heterocycles. The first kappa shape index (κ1) is 21.5. The molecule has 31 heavy (non-hydrogen) atoms. The van der Waals surface area contributed by atoms with Crippen LogP contribution in [0.2, 0.25) is 0 Å². The van der Waals surface area contributed by atoms with E-state index >= 15 is 0 Å². The van der Waals surface area contributed by atoms with Crippen molar-refractivity contribution >= 4 is 17.6 Å². The number of anilines is 1. The minimum Gasteiger partial charge on any atom is -0.439 e. The fourth-order valence-corrected chi connectivity index (χ4v) is 2.62.